The van der Waals surface area contributed by atoms with Gasteiger partial charge in [0.25, 0.3) is 0 Å². The number of benzene rings is 1. The van der Waals surface area contributed by atoms with Crippen molar-refractivity contribution in [2.75, 3.05) is 6.54 Å². The number of nitrogens with one attached hydrogen (secondary N) is 1. The van der Waals surface area contributed by atoms with Gasteiger partial charge in [-0.05, 0) is 25.1 Å². The Morgan fingerprint density at radius 2 is 2.12 bits per heavy atom. The van der Waals surface area contributed by atoms with Crippen LogP contribution in [-0.2, 0) is 6.18 Å². The van der Waals surface area contributed by atoms with E-state index < -0.39 is 11.7 Å². The zero-order chi connectivity index (χ0) is 11.8. The van der Waals surface area contributed by atoms with Crippen LogP contribution < -0.4 is 10.1 Å². The van der Waals surface area contributed by atoms with Crippen molar-refractivity contribution in [2.45, 2.75) is 25.2 Å². The van der Waals surface area contributed by atoms with E-state index in [1.165, 1.54) is 6.07 Å². The van der Waals surface area contributed by atoms with Crippen LogP contribution in [0.1, 0.15) is 12.5 Å². The Morgan fingerprint density at radius 3 is 2.62 bits per heavy atom. The molecule has 2 unspecified atom stereocenters. The summed E-state index contributed by atoms with van der Waals surface area (Å²) in [6, 6.07) is 5.16. The summed E-state index contributed by atoms with van der Waals surface area (Å²) >= 11 is 0. The van der Waals surface area contributed by atoms with Crippen molar-refractivity contribution in [1.82, 2.24) is 5.32 Å². The molecule has 1 N–H and O–H groups in total. The van der Waals surface area contributed by atoms with E-state index in [1.54, 1.807) is 6.07 Å². The summed E-state index contributed by atoms with van der Waals surface area (Å²) in [5.74, 6) is 0.271. The van der Waals surface area contributed by atoms with Crippen LogP contribution in [-0.4, -0.2) is 18.7 Å². The van der Waals surface area contributed by atoms with E-state index in [9.17, 15) is 13.2 Å². The molecule has 0 amide bonds. The standard InChI is InChI=1S/C11H12F3NO/c1-7-10(6-15-7)16-9-4-2-3-8(5-9)11(12,13)14/h2-5,7,10,15H,6H2,1H3. The highest BCUT2D eigenvalue weighted by Gasteiger charge is 2.32. The molecule has 0 aliphatic carbocycles. The molecule has 0 aromatic heterocycles. The first-order valence-corrected chi connectivity index (χ1v) is 5.04. The van der Waals surface area contributed by atoms with Gasteiger partial charge in [0, 0.05) is 12.6 Å². The highest BCUT2D eigenvalue weighted by atomic mass is 19.4. The lowest BCUT2D eigenvalue weighted by Crippen LogP contribution is -2.58. The molecule has 1 fully saturated rings. The second-order valence-electron chi connectivity index (χ2n) is 3.88. The molecule has 16 heavy (non-hydrogen) atoms. The first-order valence-electron chi connectivity index (χ1n) is 5.04. The first-order chi connectivity index (χ1) is 7.47. The summed E-state index contributed by atoms with van der Waals surface area (Å²) in [5, 5.41) is 3.08. The van der Waals surface area contributed by atoms with E-state index in [0.717, 1.165) is 12.1 Å². The van der Waals surface area contributed by atoms with Gasteiger partial charge >= 0.3 is 6.18 Å². The van der Waals surface area contributed by atoms with E-state index >= 15 is 0 Å². The SMILES string of the molecule is CC1NCC1Oc1cccc(C(F)(F)F)c1. The topological polar surface area (TPSA) is 21.3 Å². The van der Waals surface area contributed by atoms with E-state index in [2.05, 4.69) is 5.32 Å². The lowest BCUT2D eigenvalue weighted by Gasteiger charge is -2.35. The highest BCUT2D eigenvalue weighted by molar-refractivity contribution is 5.30. The Kier molecular flexibility index (Phi) is 2.80. The van der Waals surface area contributed by atoms with Crippen molar-refractivity contribution < 1.29 is 17.9 Å². The average molecular weight is 231 g/mol. The summed E-state index contributed by atoms with van der Waals surface area (Å²) in [5.41, 5.74) is -0.676. The summed E-state index contributed by atoms with van der Waals surface area (Å²) in [6.45, 7) is 2.61. The Bertz CT molecular complexity index is 378. The zero-order valence-electron chi connectivity index (χ0n) is 8.71. The van der Waals surface area contributed by atoms with Crippen LogP contribution in [0.15, 0.2) is 24.3 Å². The molecule has 1 aromatic rings. The normalized spacial score (nSPS) is 25.0. The molecular formula is C11H12F3NO. The molecule has 1 heterocycles. The fraction of sp³-hybridized carbons (Fsp3) is 0.455. The molecule has 1 aliphatic heterocycles. The van der Waals surface area contributed by atoms with Gasteiger partial charge in [0.05, 0.1) is 5.56 Å². The zero-order valence-corrected chi connectivity index (χ0v) is 8.71. The first kappa shape index (κ1) is 11.3. The van der Waals surface area contributed by atoms with Crippen LogP contribution in [0.4, 0.5) is 13.2 Å². The van der Waals surface area contributed by atoms with Gasteiger partial charge in [-0.1, -0.05) is 6.07 Å². The Labute approximate surface area is 91.4 Å². The molecule has 1 aliphatic rings. The van der Waals surface area contributed by atoms with Gasteiger partial charge in [0.1, 0.15) is 11.9 Å². The van der Waals surface area contributed by atoms with Crippen LogP contribution in [0.25, 0.3) is 0 Å². The van der Waals surface area contributed by atoms with Crippen LogP contribution in [0, 0.1) is 0 Å². The quantitative estimate of drug-likeness (QED) is 0.844. The molecule has 1 saturated heterocycles. The molecule has 88 valence electrons. The molecule has 1 aromatic carbocycles. The van der Waals surface area contributed by atoms with Gasteiger partial charge in [-0.15, -0.1) is 0 Å². The van der Waals surface area contributed by atoms with Crippen LogP contribution >= 0.6 is 0 Å². The monoisotopic (exact) mass is 231 g/mol. The molecule has 2 atom stereocenters. The third kappa shape index (κ3) is 2.29. The molecular weight excluding hydrogens is 219 g/mol. The number of ether oxygens (including phenoxy) is 1. The Hall–Kier alpha value is -1.23. The van der Waals surface area contributed by atoms with Crippen molar-refractivity contribution >= 4 is 0 Å². The number of alkyl halides is 3. The maximum Gasteiger partial charge on any atom is 0.416 e. The van der Waals surface area contributed by atoms with Crippen molar-refractivity contribution in [3.63, 3.8) is 0 Å². The fourth-order valence-electron chi connectivity index (χ4n) is 1.51. The summed E-state index contributed by atoms with van der Waals surface area (Å²) in [7, 11) is 0. The fourth-order valence-corrected chi connectivity index (χ4v) is 1.51. The van der Waals surface area contributed by atoms with Crippen molar-refractivity contribution in [3.05, 3.63) is 29.8 Å². The largest absolute Gasteiger partial charge is 0.487 e. The van der Waals surface area contributed by atoms with Gasteiger partial charge in [-0.2, -0.15) is 13.2 Å². The molecule has 2 nitrogen and oxygen atoms in total. The minimum Gasteiger partial charge on any atom is -0.487 e. The summed E-state index contributed by atoms with van der Waals surface area (Å²) in [4.78, 5) is 0. The molecule has 5 heteroatoms. The van der Waals surface area contributed by atoms with Gasteiger partial charge in [-0.3, -0.25) is 0 Å². The lowest BCUT2D eigenvalue weighted by atomic mass is 10.1. The third-order valence-electron chi connectivity index (χ3n) is 2.65. The van der Waals surface area contributed by atoms with E-state index in [-0.39, 0.29) is 17.9 Å². The maximum absolute atomic E-state index is 12.4. The van der Waals surface area contributed by atoms with Gasteiger partial charge < -0.3 is 10.1 Å². The van der Waals surface area contributed by atoms with E-state index in [0.29, 0.717) is 6.54 Å². The van der Waals surface area contributed by atoms with Gasteiger partial charge in [0.15, 0.2) is 0 Å². The van der Waals surface area contributed by atoms with Crippen molar-refractivity contribution in [3.8, 4) is 5.75 Å². The minimum atomic E-state index is -4.32. The van der Waals surface area contributed by atoms with Crippen molar-refractivity contribution in [2.24, 2.45) is 0 Å². The predicted octanol–water partition coefficient (Wildman–Crippen LogP) is 2.44. The molecule has 0 radical (unpaired) electrons. The second kappa shape index (κ2) is 3.97. The summed E-state index contributed by atoms with van der Waals surface area (Å²) in [6.07, 6.45) is -4.36. The smallest absolute Gasteiger partial charge is 0.416 e. The van der Waals surface area contributed by atoms with E-state index in [1.807, 2.05) is 6.92 Å². The number of rotatable bonds is 2. The van der Waals surface area contributed by atoms with Crippen LogP contribution in [0.3, 0.4) is 0 Å². The average Bonchev–Trinajstić information content (AvgIpc) is 2.23. The summed E-state index contributed by atoms with van der Waals surface area (Å²) < 4.78 is 42.7. The number of halogens is 3. The van der Waals surface area contributed by atoms with Crippen molar-refractivity contribution in [1.29, 1.82) is 0 Å². The minimum absolute atomic E-state index is 0.0384. The van der Waals surface area contributed by atoms with Crippen LogP contribution in [0.5, 0.6) is 5.75 Å². The maximum atomic E-state index is 12.4. The lowest BCUT2D eigenvalue weighted by molar-refractivity contribution is -0.137. The molecule has 0 bridgehead atoms. The highest BCUT2D eigenvalue weighted by Crippen LogP contribution is 2.31. The molecule has 2 rings (SSSR count). The Balaban J connectivity index is 2.10. The van der Waals surface area contributed by atoms with Gasteiger partial charge in [0.2, 0.25) is 0 Å². The second-order valence-corrected chi connectivity index (χ2v) is 3.88. The predicted molar refractivity (Wildman–Crippen MR) is 53.3 cm³/mol. The number of hydrogen-bond acceptors (Lipinski definition) is 2. The van der Waals surface area contributed by atoms with Gasteiger partial charge in [-0.25, -0.2) is 0 Å². The third-order valence-corrected chi connectivity index (χ3v) is 2.65. The molecule has 0 saturated carbocycles. The van der Waals surface area contributed by atoms with E-state index in [4.69, 9.17) is 4.74 Å². The Morgan fingerprint density at radius 1 is 1.38 bits per heavy atom. The van der Waals surface area contributed by atoms with Crippen LogP contribution in [0.2, 0.25) is 0 Å². The number of hydrogen-bond donors (Lipinski definition) is 1. The molecule has 0 spiro atoms.